The molecule has 2 aromatic heterocycles. The maximum absolute atomic E-state index is 13.5. The van der Waals surface area contributed by atoms with Gasteiger partial charge in [0.2, 0.25) is 0 Å². The highest BCUT2D eigenvalue weighted by atomic mass is 16.5. The van der Waals surface area contributed by atoms with Crippen LogP contribution in [0.4, 0.5) is 0 Å². The Bertz CT molecular complexity index is 1060. The van der Waals surface area contributed by atoms with E-state index >= 15 is 0 Å². The van der Waals surface area contributed by atoms with Gasteiger partial charge in [-0.15, -0.1) is 0 Å². The lowest BCUT2D eigenvalue weighted by molar-refractivity contribution is 0.0733. The Labute approximate surface area is 176 Å². The molecule has 1 aliphatic heterocycles. The smallest absolute Gasteiger partial charge is 0.257 e. The number of pyridine rings is 1. The van der Waals surface area contributed by atoms with E-state index in [-0.39, 0.29) is 11.8 Å². The number of fused-ring (bicyclic) bond motifs is 1. The molecule has 0 atom stereocenters. The van der Waals surface area contributed by atoms with Gasteiger partial charge in [0.05, 0.1) is 31.7 Å². The van der Waals surface area contributed by atoms with Crippen molar-refractivity contribution in [3.63, 3.8) is 0 Å². The molecular formula is C23H26N4O3. The molecule has 0 N–H and O–H groups in total. The fraction of sp³-hybridized carbons (Fsp3) is 0.348. The highest BCUT2D eigenvalue weighted by molar-refractivity contribution is 5.95. The van der Waals surface area contributed by atoms with Gasteiger partial charge >= 0.3 is 0 Å². The summed E-state index contributed by atoms with van der Waals surface area (Å²) in [6.45, 7) is 5.31. The van der Waals surface area contributed by atoms with Gasteiger partial charge in [-0.3, -0.25) is 4.79 Å². The van der Waals surface area contributed by atoms with Gasteiger partial charge in [0.15, 0.2) is 17.3 Å². The predicted molar refractivity (Wildman–Crippen MR) is 113 cm³/mol. The molecule has 1 amide bonds. The molecule has 3 aromatic rings. The van der Waals surface area contributed by atoms with Gasteiger partial charge in [0, 0.05) is 19.3 Å². The molecule has 4 rings (SSSR count). The molecule has 0 saturated heterocycles. The van der Waals surface area contributed by atoms with Gasteiger partial charge in [-0.2, -0.15) is 5.10 Å². The summed E-state index contributed by atoms with van der Waals surface area (Å²) in [7, 11) is 3.26. The average molecular weight is 406 g/mol. The zero-order valence-corrected chi connectivity index (χ0v) is 17.8. The van der Waals surface area contributed by atoms with E-state index in [1.807, 2.05) is 35.2 Å². The summed E-state index contributed by atoms with van der Waals surface area (Å²) in [5.41, 5.74) is 3.76. The molecular weight excluding hydrogens is 380 g/mol. The van der Waals surface area contributed by atoms with Crippen LogP contribution in [0.3, 0.4) is 0 Å². The van der Waals surface area contributed by atoms with Gasteiger partial charge in [0.25, 0.3) is 5.91 Å². The zero-order chi connectivity index (χ0) is 21.3. The molecule has 7 heteroatoms. The van der Waals surface area contributed by atoms with Gasteiger partial charge in [-0.05, 0) is 47.7 Å². The number of ether oxygens (including phenoxy) is 2. The fourth-order valence-corrected chi connectivity index (χ4v) is 3.97. The van der Waals surface area contributed by atoms with Crippen LogP contribution in [0.5, 0.6) is 11.5 Å². The highest BCUT2D eigenvalue weighted by Gasteiger charge is 2.28. The van der Waals surface area contributed by atoms with Gasteiger partial charge < -0.3 is 14.4 Å². The summed E-state index contributed by atoms with van der Waals surface area (Å²) in [6, 6.07) is 9.65. The first kappa shape index (κ1) is 19.9. The topological polar surface area (TPSA) is 69.5 Å². The van der Waals surface area contributed by atoms with E-state index in [0.717, 1.165) is 23.4 Å². The third kappa shape index (κ3) is 3.51. The number of hydrogen-bond acceptors (Lipinski definition) is 5. The Balaban J connectivity index is 1.66. The minimum absolute atomic E-state index is 0.0127. The second-order valence-electron chi connectivity index (χ2n) is 7.65. The first-order valence-electron chi connectivity index (χ1n) is 10.1. The van der Waals surface area contributed by atoms with E-state index < -0.39 is 0 Å². The molecule has 1 aliphatic rings. The maximum Gasteiger partial charge on any atom is 0.257 e. The first-order valence-corrected chi connectivity index (χ1v) is 10.1. The molecule has 30 heavy (non-hydrogen) atoms. The van der Waals surface area contributed by atoms with E-state index in [2.05, 4.69) is 23.9 Å². The van der Waals surface area contributed by atoms with Gasteiger partial charge in [-0.25, -0.2) is 9.67 Å². The molecule has 3 heterocycles. The molecule has 156 valence electrons. The van der Waals surface area contributed by atoms with Crippen LogP contribution in [-0.2, 0) is 13.0 Å². The van der Waals surface area contributed by atoms with E-state index in [0.29, 0.717) is 30.2 Å². The molecule has 1 aromatic carbocycles. The standard InChI is InChI=1S/C23H26N4O3/c1-15(2)22-18(13-25-27(22)21-7-5-6-9-24-21)23(28)26-10-8-16-11-19(29-3)20(30-4)12-17(16)14-26/h5-7,9,11-13,15H,8,10,14H2,1-4H3. The van der Waals surface area contributed by atoms with Crippen molar-refractivity contribution in [1.82, 2.24) is 19.7 Å². The number of methoxy groups -OCH3 is 2. The number of carbonyl (C=O) groups excluding carboxylic acids is 1. The average Bonchev–Trinajstić information content (AvgIpc) is 3.23. The number of aromatic nitrogens is 3. The van der Waals surface area contributed by atoms with Crippen LogP contribution >= 0.6 is 0 Å². The van der Waals surface area contributed by atoms with Crippen molar-refractivity contribution < 1.29 is 14.3 Å². The van der Waals surface area contributed by atoms with Crippen molar-refractivity contribution in [2.45, 2.75) is 32.7 Å². The van der Waals surface area contributed by atoms with Crippen LogP contribution in [0, 0.1) is 0 Å². The summed E-state index contributed by atoms with van der Waals surface area (Å²) >= 11 is 0. The number of benzene rings is 1. The highest BCUT2D eigenvalue weighted by Crippen LogP contribution is 2.34. The van der Waals surface area contributed by atoms with Crippen molar-refractivity contribution in [3.05, 3.63) is 65.1 Å². The lowest BCUT2D eigenvalue weighted by Crippen LogP contribution is -2.36. The molecule has 0 unspecified atom stereocenters. The molecule has 0 radical (unpaired) electrons. The number of carbonyl (C=O) groups is 1. The monoisotopic (exact) mass is 406 g/mol. The van der Waals surface area contributed by atoms with Crippen LogP contribution in [0.15, 0.2) is 42.7 Å². The number of rotatable bonds is 5. The summed E-state index contributed by atoms with van der Waals surface area (Å²) in [6.07, 6.45) is 4.16. The van der Waals surface area contributed by atoms with Crippen molar-refractivity contribution in [2.75, 3.05) is 20.8 Å². The Morgan fingerprint density at radius 2 is 1.83 bits per heavy atom. The molecule has 0 spiro atoms. The van der Waals surface area contributed by atoms with E-state index in [9.17, 15) is 4.79 Å². The number of hydrogen-bond donors (Lipinski definition) is 0. The largest absolute Gasteiger partial charge is 0.493 e. The molecule has 0 bridgehead atoms. The SMILES string of the molecule is COc1cc2c(cc1OC)CN(C(=O)c1cnn(-c3ccccn3)c1C(C)C)CC2. The Hall–Kier alpha value is -3.35. The van der Waals surface area contributed by atoms with Gasteiger partial charge in [-0.1, -0.05) is 19.9 Å². The second kappa shape index (κ2) is 8.18. The molecule has 0 fully saturated rings. The minimum Gasteiger partial charge on any atom is -0.493 e. The lowest BCUT2D eigenvalue weighted by atomic mass is 9.97. The number of amides is 1. The van der Waals surface area contributed by atoms with E-state index in [4.69, 9.17) is 9.47 Å². The van der Waals surface area contributed by atoms with Crippen molar-refractivity contribution in [1.29, 1.82) is 0 Å². The Morgan fingerprint density at radius 3 is 2.47 bits per heavy atom. The summed E-state index contributed by atoms with van der Waals surface area (Å²) < 4.78 is 12.6. The summed E-state index contributed by atoms with van der Waals surface area (Å²) in [4.78, 5) is 19.7. The zero-order valence-electron chi connectivity index (χ0n) is 17.8. The fourth-order valence-electron chi connectivity index (χ4n) is 3.97. The van der Waals surface area contributed by atoms with Gasteiger partial charge in [0.1, 0.15) is 0 Å². The minimum atomic E-state index is -0.0127. The molecule has 7 nitrogen and oxygen atoms in total. The van der Waals surface area contributed by atoms with Crippen molar-refractivity contribution in [3.8, 4) is 17.3 Å². The van der Waals surface area contributed by atoms with Crippen LogP contribution in [-0.4, -0.2) is 46.3 Å². The normalized spacial score (nSPS) is 13.3. The van der Waals surface area contributed by atoms with Crippen LogP contribution in [0.2, 0.25) is 0 Å². The second-order valence-corrected chi connectivity index (χ2v) is 7.65. The van der Waals surface area contributed by atoms with E-state index in [1.54, 1.807) is 31.3 Å². The lowest BCUT2D eigenvalue weighted by Gasteiger charge is -2.30. The predicted octanol–water partition coefficient (Wildman–Crippen LogP) is 3.61. The quantitative estimate of drug-likeness (QED) is 0.647. The van der Waals surface area contributed by atoms with Crippen LogP contribution in [0.1, 0.15) is 46.9 Å². The van der Waals surface area contributed by atoms with Crippen LogP contribution in [0.25, 0.3) is 5.82 Å². The first-order chi connectivity index (χ1) is 14.5. The number of nitrogens with zero attached hydrogens (tertiary/aromatic N) is 4. The Kier molecular flexibility index (Phi) is 5.44. The summed E-state index contributed by atoms with van der Waals surface area (Å²) in [5, 5.41) is 4.49. The van der Waals surface area contributed by atoms with Crippen LogP contribution < -0.4 is 9.47 Å². The van der Waals surface area contributed by atoms with Crippen molar-refractivity contribution >= 4 is 5.91 Å². The van der Waals surface area contributed by atoms with Crippen molar-refractivity contribution in [2.24, 2.45) is 0 Å². The third-order valence-electron chi connectivity index (χ3n) is 5.46. The molecule has 0 saturated carbocycles. The third-order valence-corrected chi connectivity index (χ3v) is 5.46. The summed E-state index contributed by atoms with van der Waals surface area (Å²) in [5.74, 6) is 2.21. The molecule has 0 aliphatic carbocycles. The maximum atomic E-state index is 13.5. The Morgan fingerprint density at radius 1 is 1.10 bits per heavy atom. The van der Waals surface area contributed by atoms with E-state index in [1.165, 1.54) is 5.56 Å².